The van der Waals surface area contributed by atoms with Crippen LogP contribution in [0.4, 0.5) is 0 Å². The third kappa shape index (κ3) is 7.70. The standard InChI is InChI=1S/C8H17NO3.H3N/c1-5(2)3-6(9)7(10)4-8(11)12;/h5-7,10H,3-4,9H2,1-2H3,(H,11,12);1H3/t6-,7-;/m0./s1. The Morgan fingerprint density at radius 1 is 1.46 bits per heavy atom. The highest BCUT2D eigenvalue weighted by atomic mass is 16.4. The van der Waals surface area contributed by atoms with Crippen LogP contribution >= 0.6 is 0 Å². The Hall–Kier alpha value is -0.650. The van der Waals surface area contributed by atoms with Crippen LogP contribution in [0.5, 0.6) is 0 Å². The van der Waals surface area contributed by atoms with Gasteiger partial charge in [0.1, 0.15) is 0 Å². The van der Waals surface area contributed by atoms with Gasteiger partial charge in [0.15, 0.2) is 0 Å². The highest BCUT2D eigenvalue weighted by Crippen LogP contribution is 2.08. The summed E-state index contributed by atoms with van der Waals surface area (Å²) in [5.41, 5.74) is 5.55. The fourth-order valence-corrected chi connectivity index (χ4v) is 1.03. The van der Waals surface area contributed by atoms with E-state index in [0.29, 0.717) is 12.3 Å². The Kier molecular flexibility index (Phi) is 7.79. The molecule has 0 saturated heterocycles. The average molecular weight is 192 g/mol. The molecule has 7 N–H and O–H groups in total. The van der Waals surface area contributed by atoms with Gasteiger partial charge < -0.3 is 22.1 Å². The van der Waals surface area contributed by atoms with E-state index in [-0.39, 0.29) is 12.6 Å². The lowest BCUT2D eigenvalue weighted by Gasteiger charge is -2.18. The van der Waals surface area contributed by atoms with Gasteiger partial charge >= 0.3 is 5.97 Å². The monoisotopic (exact) mass is 192 g/mol. The summed E-state index contributed by atoms with van der Waals surface area (Å²) < 4.78 is 0. The van der Waals surface area contributed by atoms with Crippen molar-refractivity contribution >= 4 is 5.97 Å². The maximum absolute atomic E-state index is 10.2. The molecule has 0 fully saturated rings. The summed E-state index contributed by atoms with van der Waals surface area (Å²) in [7, 11) is 0. The van der Waals surface area contributed by atoms with Crippen molar-refractivity contribution in [3.63, 3.8) is 0 Å². The number of hydrogen-bond donors (Lipinski definition) is 4. The zero-order valence-electron chi connectivity index (χ0n) is 8.23. The molecular formula is C8H20N2O3. The Balaban J connectivity index is 0. The molecule has 2 atom stereocenters. The maximum Gasteiger partial charge on any atom is 0.306 e. The lowest BCUT2D eigenvalue weighted by atomic mass is 9.98. The van der Waals surface area contributed by atoms with Crippen molar-refractivity contribution in [2.24, 2.45) is 11.7 Å². The largest absolute Gasteiger partial charge is 0.481 e. The molecule has 0 aromatic heterocycles. The lowest BCUT2D eigenvalue weighted by molar-refractivity contribution is -0.139. The van der Waals surface area contributed by atoms with E-state index < -0.39 is 18.1 Å². The zero-order valence-corrected chi connectivity index (χ0v) is 8.23. The van der Waals surface area contributed by atoms with E-state index in [1.54, 1.807) is 0 Å². The van der Waals surface area contributed by atoms with Crippen molar-refractivity contribution in [1.82, 2.24) is 6.15 Å². The number of rotatable bonds is 5. The van der Waals surface area contributed by atoms with Gasteiger partial charge in [-0.3, -0.25) is 4.79 Å². The van der Waals surface area contributed by atoms with Crippen molar-refractivity contribution in [2.45, 2.75) is 38.8 Å². The first-order chi connectivity index (χ1) is 5.43. The minimum absolute atomic E-state index is 0. The van der Waals surface area contributed by atoms with Gasteiger partial charge in [0, 0.05) is 6.04 Å². The number of carboxylic acid groups (broad SMARTS) is 1. The van der Waals surface area contributed by atoms with Crippen LogP contribution in [0.1, 0.15) is 26.7 Å². The molecule has 0 bridgehead atoms. The fraction of sp³-hybridized carbons (Fsp3) is 0.875. The molecular weight excluding hydrogens is 172 g/mol. The zero-order chi connectivity index (χ0) is 9.72. The van der Waals surface area contributed by atoms with Gasteiger partial charge in [0.05, 0.1) is 12.5 Å². The Morgan fingerprint density at radius 2 is 1.92 bits per heavy atom. The van der Waals surface area contributed by atoms with Gasteiger partial charge in [-0.1, -0.05) is 13.8 Å². The highest BCUT2D eigenvalue weighted by Gasteiger charge is 2.18. The number of carbonyl (C=O) groups is 1. The maximum atomic E-state index is 10.2. The summed E-state index contributed by atoms with van der Waals surface area (Å²) >= 11 is 0. The molecule has 5 heteroatoms. The predicted molar refractivity (Wildman–Crippen MR) is 50.7 cm³/mol. The molecule has 0 spiro atoms. The van der Waals surface area contributed by atoms with E-state index in [9.17, 15) is 9.90 Å². The normalized spacial score (nSPS) is 14.8. The van der Waals surface area contributed by atoms with Gasteiger partial charge in [-0.25, -0.2) is 0 Å². The molecule has 0 aliphatic heterocycles. The topological polar surface area (TPSA) is 119 Å². The quantitative estimate of drug-likeness (QED) is 0.501. The van der Waals surface area contributed by atoms with Gasteiger partial charge in [-0.2, -0.15) is 0 Å². The molecule has 80 valence electrons. The molecule has 0 radical (unpaired) electrons. The summed E-state index contributed by atoms with van der Waals surface area (Å²) in [6.45, 7) is 3.96. The number of aliphatic hydroxyl groups excluding tert-OH is 1. The van der Waals surface area contributed by atoms with E-state index in [1.165, 1.54) is 0 Å². The molecule has 5 nitrogen and oxygen atoms in total. The summed E-state index contributed by atoms with van der Waals surface area (Å²) in [4.78, 5) is 10.2. The van der Waals surface area contributed by atoms with E-state index in [4.69, 9.17) is 10.8 Å². The van der Waals surface area contributed by atoms with Crippen molar-refractivity contribution in [2.75, 3.05) is 0 Å². The number of nitrogens with two attached hydrogens (primary N) is 1. The molecule has 13 heavy (non-hydrogen) atoms. The van der Waals surface area contributed by atoms with Gasteiger partial charge in [-0.15, -0.1) is 0 Å². The number of aliphatic hydroxyl groups is 1. The Morgan fingerprint density at radius 3 is 2.23 bits per heavy atom. The second-order valence-corrected chi connectivity index (χ2v) is 3.46. The summed E-state index contributed by atoms with van der Waals surface area (Å²) in [5.74, 6) is -0.634. The second-order valence-electron chi connectivity index (χ2n) is 3.46. The fourth-order valence-electron chi connectivity index (χ4n) is 1.03. The minimum atomic E-state index is -1.01. The molecule has 0 heterocycles. The van der Waals surface area contributed by atoms with Crippen molar-refractivity contribution < 1.29 is 15.0 Å². The van der Waals surface area contributed by atoms with Crippen LogP contribution in [0.15, 0.2) is 0 Å². The number of hydrogen-bond acceptors (Lipinski definition) is 4. The molecule has 0 aliphatic carbocycles. The molecule has 0 unspecified atom stereocenters. The third-order valence-electron chi connectivity index (χ3n) is 1.62. The van der Waals surface area contributed by atoms with E-state index in [0.717, 1.165) is 0 Å². The molecule has 0 amide bonds. The smallest absolute Gasteiger partial charge is 0.306 e. The van der Waals surface area contributed by atoms with Crippen molar-refractivity contribution in [3.8, 4) is 0 Å². The summed E-state index contributed by atoms with van der Waals surface area (Å²) in [6, 6.07) is -0.430. The molecule has 0 saturated carbocycles. The minimum Gasteiger partial charge on any atom is -0.481 e. The van der Waals surface area contributed by atoms with Crippen LogP contribution in [0.2, 0.25) is 0 Å². The number of aliphatic carboxylic acids is 1. The van der Waals surface area contributed by atoms with Crippen LogP contribution in [-0.2, 0) is 4.79 Å². The van der Waals surface area contributed by atoms with Crippen LogP contribution < -0.4 is 11.9 Å². The van der Waals surface area contributed by atoms with Crippen molar-refractivity contribution in [3.05, 3.63) is 0 Å². The molecule has 0 rings (SSSR count). The Bertz CT molecular complexity index is 150. The van der Waals surface area contributed by atoms with Crippen LogP contribution in [0.3, 0.4) is 0 Å². The SMILES string of the molecule is CC(C)C[C@H](N)[C@@H](O)CC(=O)O.N. The van der Waals surface area contributed by atoms with Crippen LogP contribution in [-0.4, -0.2) is 28.3 Å². The van der Waals surface area contributed by atoms with Crippen molar-refractivity contribution in [1.29, 1.82) is 0 Å². The van der Waals surface area contributed by atoms with E-state index >= 15 is 0 Å². The van der Waals surface area contributed by atoms with Gasteiger partial charge in [0.2, 0.25) is 0 Å². The lowest BCUT2D eigenvalue weighted by Crippen LogP contribution is -2.37. The average Bonchev–Trinajstić information content (AvgIpc) is 1.84. The molecule has 0 aliphatic rings. The van der Waals surface area contributed by atoms with Crippen LogP contribution in [0.25, 0.3) is 0 Å². The van der Waals surface area contributed by atoms with E-state index in [2.05, 4.69) is 0 Å². The first-order valence-electron chi connectivity index (χ1n) is 4.09. The molecule has 0 aromatic carbocycles. The molecule has 0 aromatic rings. The van der Waals surface area contributed by atoms with Gasteiger partial charge in [-0.05, 0) is 12.3 Å². The van der Waals surface area contributed by atoms with Crippen LogP contribution in [0, 0.1) is 5.92 Å². The second kappa shape index (κ2) is 6.82. The first kappa shape index (κ1) is 14.9. The summed E-state index contributed by atoms with van der Waals surface area (Å²) in [6.07, 6.45) is -0.549. The predicted octanol–water partition coefficient (Wildman–Crippen LogP) is 0.357. The van der Waals surface area contributed by atoms with Gasteiger partial charge in [0.25, 0.3) is 0 Å². The third-order valence-corrected chi connectivity index (χ3v) is 1.62. The number of carboxylic acids is 1. The highest BCUT2D eigenvalue weighted by molar-refractivity contribution is 5.67. The summed E-state index contributed by atoms with van der Waals surface area (Å²) in [5, 5.41) is 17.6. The van der Waals surface area contributed by atoms with E-state index in [1.807, 2.05) is 13.8 Å². The first-order valence-corrected chi connectivity index (χ1v) is 4.09. The Labute approximate surface area is 78.5 Å².